The van der Waals surface area contributed by atoms with Gasteiger partial charge in [0.15, 0.2) is 0 Å². The second-order valence-corrected chi connectivity index (χ2v) is 22.6. The number of rotatable bonds is 7. The number of aryl methyl sites for hydroxylation is 1. The number of aliphatic imine (C=N–C) groups is 2. The van der Waals surface area contributed by atoms with E-state index in [2.05, 4.69) is 217 Å². The topological polar surface area (TPSA) is 86.6 Å². The summed E-state index contributed by atoms with van der Waals surface area (Å²) in [6, 6.07) is 60.7. The van der Waals surface area contributed by atoms with Gasteiger partial charge in [0, 0.05) is 27.3 Å². The predicted octanol–water partition coefficient (Wildman–Crippen LogP) is 16.7. The number of nitrogens with one attached hydrogen (secondary N) is 2. The monoisotopic (exact) mass is 1010 g/mol. The van der Waals surface area contributed by atoms with E-state index in [4.69, 9.17) is 16.1 Å². The van der Waals surface area contributed by atoms with Gasteiger partial charge in [-0.25, -0.2) is 0 Å². The van der Waals surface area contributed by atoms with Crippen molar-refractivity contribution in [2.75, 3.05) is 5.32 Å². The standard InChI is InChI=1S/C56H49N3S.C7H8N2.C7H8/c1-8-17-38-48(9-2)60-52-50(33-26-28-37-36-19-10-11-20-40(36)54(3,4)47(37)31-33)58-53(59-51(38)52)34-27-29-41-39(30-34)49-35(32-57-7)18-16-25-46(49)56(41)44-23-14-12-21-42(44)55(5,6)43-22-13-15-24-45(43)56;8-7(9)6-4-2-1-3-5-6;1-7-5-3-2-4-6-7/h8-31,37,47,53,59H,2,7,32H2,1,3-6H3;1-5H,(H3,8,9);2-6H,1H3/b17-8-;;. The molecular formula is C70H65N5S. The zero-order chi connectivity index (χ0) is 52.9. The Hall–Kier alpha value is -8.19. The molecule has 0 bridgehead atoms. The van der Waals surface area contributed by atoms with Crippen LogP contribution in [0.25, 0.3) is 23.3 Å². The van der Waals surface area contributed by atoms with E-state index in [1.54, 1.807) is 11.3 Å². The van der Waals surface area contributed by atoms with Gasteiger partial charge in [-0.3, -0.25) is 15.4 Å². The second kappa shape index (κ2) is 19.8. The van der Waals surface area contributed by atoms with E-state index in [1.165, 1.54) is 82.8 Å². The molecule has 0 saturated carbocycles. The lowest BCUT2D eigenvalue weighted by atomic mass is 9.55. The Morgan fingerprint density at radius 3 is 1.97 bits per heavy atom. The number of nitrogens with two attached hydrogens (primary N) is 1. The Balaban J connectivity index is 0.000000330. The van der Waals surface area contributed by atoms with Crippen LogP contribution in [0.1, 0.15) is 129 Å². The highest BCUT2D eigenvalue weighted by Gasteiger charge is 2.54. The summed E-state index contributed by atoms with van der Waals surface area (Å²) in [7, 11) is 0. The van der Waals surface area contributed by atoms with Gasteiger partial charge in [0.2, 0.25) is 0 Å². The zero-order valence-electron chi connectivity index (χ0n) is 44.4. The normalized spacial score (nSPS) is 18.7. The smallest absolute Gasteiger partial charge is 0.145 e. The van der Waals surface area contributed by atoms with Gasteiger partial charge in [-0.05, 0) is 110 Å². The molecule has 4 aliphatic carbocycles. The maximum atomic E-state index is 7.01. The molecule has 1 aromatic heterocycles. The average Bonchev–Trinajstić information content (AvgIpc) is 4.09. The molecule has 13 rings (SSSR count). The highest BCUT2D eigenvalue weighted by molar-refractivity contribution is 7.16. The van der Waals surface area contributed by atoms with Crippen LogP contribution in [0.3, 0.4) is 0 Å². The van der Waals surface area contributed by atoms with Crippen molar-refractivity contribution in [3.8, 4) is 11.1 Å². The van der Waals surface area contributed by atoms with Gasteiger partial charge in [-0.1, -0.05) is 240 Å². The number of thiophene rings is 1. The Bertz CT molecular complexity index is 3670. The highest BCUT2D eigenvalue weighted by atomic mass is 32.1. The first-order valence-corrected chi connectivity index (χ1v) is 27.2. The predicted molar refractivity (Wildman–Crippen MR) is 323 cm³/mol. The lowest BCUT2D eigenvalue weighted by Crippen LogP contribution is -2.40. The van der Waals surface area contributed by atoms with Crippen LogP contribution in [0.2, 0.25) is 0 Å². The molecule has 0 saturated heterocycles. The summed E-state index contributed by atoms with van der Waals surface area (Å²) in [6.07, 6.45) is 13.3. The molecule has 1 aliphatic heterocycles. The first-order chi connectivity index (χ1) is 36.8. The number of fused-ring (bicyclic) bond motifs is 13. The third kappa shape index (κ3) is 8.09. The Labute approximate surface area is 453 Å². The van der Waals surface area contributed by atoms with Crippen molar-refractivity contribution in [3.63, 3.8) is 0 Å². The van der Waals surface area contributed by atoms with E-state index in [-0.39, 0.29) is 22.8 Å². The van der Waals surface area contributed by atoms with Crippen molar-refractivity contribution in [3.05, 3.63) is 288 Å². The molecule has 0 fully saturated rings. The maximum Gasteiger partial charge on any atom is 0.145 e. The molecule has 2 heterocycles. The molecule has 0 amide bonds. The minimum Gasteiger partial charge on any atom is -0.384 e. The summed E-state index contributed by atoms with van der Waals surface area (Å²) in [6.45, 7) is 22.5. The van der Waals surface area contributed by atoms with Gasteiger partial charge in [0.05, 0.1) is 28.2 Å². The van der Waals surface area contributed by atoms with Crippen LogP contribution in [0.5, 0.6) is 0 Å². The summed E-state index contributed by atoms with van der Waals surface area (Å²) < 4.78 is 0. The van der Waals surface area contributed by atoms with Crippen molar-refractivity contribution in [2.24, 2.45) is 21.6 Å². The first-order valence-electron chi connectivity index (χ1n) is 26.4. The fraction of sp³-hybridized carbons (Fsp3) is 0.186. The summed E-state index contributed by atoms with van der Waals surface area (Å²) in [5.41, 5.74) is 26.9. The minimum atomic E-state index is -0.490. The van der Waals surface area contributed by atoms with E-state index in [1.807, 2.05) is 54.6 Å². The number of amidine groups is 1. The fourth-order valence-electron chi connectivity index (χ4n) is 12.9. The van der Waals surface area contributed by atoms with Crippen LogP contribution >= 0.6 is 11.3 Å². The molecule has 0 radical (unpaired) electrons. The van der Waals surface area contributed by atoms with Crippen LogP contribution in [0.4, 0.5) is 5.69 Å². The lowest BCUT2D eigenvalue weighted by Gasteiger charge is -2.46. The van der Waals surface area contributed by atoms with Gasteiger partial charge < -0.3 is 11.1 Å². The summed E-state index contributed by atoms with van der Waals surface area (Å²) in [4.78, 5) is 12.5. The quantitative estimate of drug-likeness (QED) is 0.110. The number of nitrogens with zero attached hydrogens (tertiary/aromatic N) is 2. The minimum absolute atomic E-state index is 0.00226. The summed E-state index contributed by atoms with van der Waals surface area (Å²) in [5, 5.41) is 11.0. The number of allylic oxidation sites excluding steroid dienone is 5. The molecule has 3 atom stereocenters. The van der Waals surface area contributed by atoms with Crippen LogP contribution < -0.4 is 11.1 Å². The number of hydrogen-bond acceptors (Lipinski definition) is 5. The molecule has 1 spiro atoms. The van der Waals surface area contributed by atoms with Crippen molar-refractivity contribution in [2.45, 2.75) is 76.4 Å². The Morgan fingerprint density at radius 1 is 0.750 bits per heavy atom. The Kier molecular flexibility index (Phi) is 13.0. The van der Waals surface area contributed by atoms with Crippen LogP contribution in [-0.4, -0.2) is 18.3 Å². The lowest BCUT2D eigenvalue weighted by molar-refractivity contribution is 0.393. The Morgan fingerprint density at radius 2 is 1.37 bits per heavy atom. The average molecular weight is 1010 g/mol. The fourth-order valence-corrected chi connectivity index (χ4v) is 14.1. The third-order valence-corrected chi connectivity index (χ3v) is 17.7. The molecular weight excluding hydrogens is 943 g/mol. The summed E-state index contributed by atoms with van der Waals surface area (Å²) >= 11 is 1.78. The highest BCUT2D eigenvalue weighted by Crippen LogP contribution is 2.63. The van der Waals surface area contributed by atoms with E-state index >= 15 is 0 Å². The largest absolute Gasteiger partial charge is 0.384 e. The van der Waals surface area contributed by atoms with Gasteiger partial charge in [-0.2, -0.15) is 0 Å². The molecule has 76 heavy (non-hydrogen) atoms. The van der Waals surface area contributed by atoms with Gasteiger partial charge in [0.25, 0.3) is 0 Å². The molecule has 5 nitrogen and oxygen atoms in total. The molecule has 6 heteroatoms. The summed E-state index contributed by atoms with van der Waals surface area (Å²) in [5.74, 6) is 0.807. The second-order valence-electron chi connectivity index (χ2n) is 21.6. The van der Waals surface area contributed by atoms with E-state index in [9.17, 15) is 0 Å². The molecule has 5 aliphatic rings. The van der Waals surface area contributed by atoms with Crippen LogP contribution in [0, 0.1) is 18.3 Å². The molecule has 7 aromatic carbocycles. The zero-order valence-corrected chi connectivity index (χ0v) is 45.2. The third-order valence-electron chi connectivity index (χ3n) is 16.5. The van der Waals surface area contributed by atoms with E-state index < -0.39 is 5.41 Å². The number of nitrogen functional groups attached to an aromatic ring is 1. The van der Waals surface area contributed by atoms with Crippen molar-refractivity contribution >= 4 is 47.4 Å². The molecule has 376 valence electrons. The first kappa shape index (κ1) is 50.0. The van der Waals surface area contributed by atoms with Gasteiger partial charge in [-0.15, -0.1) is 11.3 Å². The van der Waals surface area contributed by atoms with Crippen molar-refractivity contribution in [1.82, 2.24) is 0 Å². The van der Waals surface area contributed by atoms with Gasteiger partial charge >= 0.3 is 0 Å². The molecule has 4 N–H and O–H groups in total. The van der Waals surface area contributed by atoms with Crippen LogP contribution in [0.15, 0.2) is 216 Å². The SMILES string of the molecule is C=Cc1sc2c(c1/C=C\C)NC(c1ccc3c(c1)-c1c(CN=C)cccc1C31c3ccccc3C(C)(C)c3ccccc31)N=C2C1=CC2C(C=C1)c1ccccc1C2(C)C.Cc1ccccc1.N=C(N)c1ccccc1. The molecule has 3 unspecified atom stereocenters. The number of hydrogen-bond donors (Lipinski definition) is 3. The van der Waals surface area contributed by atoms with E-state index in [0.717, 1.165) is 27.4 Å². The van der Waals surface area contributed by atoms with Crippen molar-refractivity contribution in [1.29, 1.82) is 5.41 Å². The molecule has 8 aromatic rings. The maximum absolute atomic E-state index is 7.01. The number of anilines is 1. The van der Waals surface area contributed by atoms with Gasteiger partial charge in [0.1, 0.15) is 12.0 Å². The van der Waals surface area contributed by atoms with E-state index in [0.29, 0.717) is 18.4 Å². The van der Waals surface area contributed by atoms with Crippen LogP contribution in [-0.2, 0) is 22.8 Å². The van der Waals surface area contributed by atoms with Crippen molar-refractivity contribution < 1.29 is 0 Å². The number of benzene rings is 7.